The molecule has 0 radical (unpaired) electrons. The van der Waals surface area contributed by atoms with Gasteiger partial charge >= 0.3 is 0 Å². The Morgan fingerprint density at radius 2 is 2.06 bits per heavy atom. The number of nitrogens with one attached hydrogen (secondary N) is 1. The normalized spacial score (nSPS) is 17.0. The SMILES string of the molecule is Cc1ccc(C(=O)/C=C2/NCCN2C=O)cc1. The Morgan fingerprint density at radius 1 is 1.35 bits per heavy atom. The summed E-state index contributed by atoms with van der Waals surface area (Å²) in [6, 6.07) is 7.36. The maximum absolute atomic E-state index is 11.9. The molecule has 1 saturated heterocycles. The number of allylic oxidation sites excluding steroid dienone is 1. The molecule has 1 aliphatic heterocycles. The number of ketones is 1. The van der Waals surface area contributed by atoms with Crippen LogP contribution in [-0.2, 0) is 4.79 Å². The van der Waals surface area contributed by atoms with E-state index in [-0.39, 0.29) is 5.78 Å². The first-order valence-electron chi connectivity index (χ1n) is 5.49. The second-order valence-electron chi connectivity index (χ2n) is 3.99. The largest absolute Gasteiger partial charge is 0.369 e. The fraction of sp³-hybridized carbons (Fsp3) is 0.231. The van der Waals surface area contributed by atoms with Gasteiger partial charge in [0.2, 0.25) is 6.41 Å². The Kier molecular flexibility index (Phi) is 3.23. The zero-order chi connectivity index (χ0) is 12.3. The van der Waals surface area contributed by atoms with Crippen molar-refractivity contribution >= 4 is 12.2 Å². The minimum absolute atomic E-state index is 0.0961. The molecule has 4 heteroatoms. The van der Waals surface area contributed by atoms with Gasteiger partial charge in [-0.1, -0.05) is 29.8 Å². The highest BCUT2D eigenvalue weighted by atomic mass is 16.1. The molecule has 1 aromatic rings. The van der Waals surface area contributed by atoms with Crippen LogP contribution in [0.15, 0.2) is 36.2 Å². The minimum atomic E-state index is -0.0961. The number of carbonyl (C=O) groups excluding carboxylic acids is 2. The molecule has 0 atom stereocenters. The van der Waals surface area contributed by atoms with Crippen LogP contribution in [0.5, 0.6) is 0 Å². The predicted molar refractivity (Wildman–Crippen MR) is 64.4 cm³/mol. The average Bonchev–Trinajstić information content (AvgIpc) is 2.77. The number of rotatable bonds is 3. The molecular weight excluding hydrogens is 216 g/mol. The lowest BCUT2D eigenvalue weighted by Gasteiger charge is -2.08. The van der Waals surface area contributed by atoms with Crippen molar-refractivity contribution in [3.8, 4) is 0 Å². The van der Waals surface area contributed by atoms with Crippen molar-refractivity contribution in [2.75, 3.05) is 13.1 Å². The van der Waals surface area contributed by atoms with Crippen LogP contribution in [-0.4, -0.2) is 30.2 Å². The third-order valence-electron chi connectivity index (χ3n) is 2.70. The van der Waals surface area contributed by atoms with Crippen molar-refractivity contribution in [3.05, 3.63) is 47.3 Å². The third-order valence-corrected chi connectivity index (χ3v) is 2.70. The third kappa shape index (κ3) is 2.53. The highest BCUT2D eigenvalue weighted by molar-refractivity contribution is 6.05. The van der Waals surface area contributed by atoms with Gasteiger partial charge in [0.25, 0.3) is 0 Å². The molecule has 2 rings (SSSR count). The molecule has 0 spiro atoms. The summed E-state index contributed by atoms with van der Waals surface area (Å²) in [6.07, 6.45) is 2.19. The Hall–Kier alpha value is -2.10. The highest BCUT2D eigenvalue weighted by Gasteiger charge is 2.16. The van der Waals surface area contributed by atoms with Gasteiger partial charge in [-0.3, -0.25) is 14.5 Å². The van der Waals surface area contributed by atoms with Crippen LogP contribution in [0.25, 0.3) is 0 Å². The first-order valence-corrected chi connectivity index (χ1v) is 5.49. The van der Waals surface area contributed by atoms with Crippen molar-refractivity contribution in [1.29, 1.82) is 0 Å². The fourth-order valence-corrected chi connectivity index (χ4v) is 1.70. The molecule has 88 valence electrons. The van der Waals surface area contributed by atoms with Crippen molar-refractivity contribution < 1.29 is 9.59 Å². The van der Waals surface area contributed by atoms with Crippen LogP contribution in [0.1, 0.15) is 15.9 Å². The van der Waals surface area contributed by atoms with Gasteiger partial charge in [0.05, 0.1) is 0 Å². The molecule has 0 aliphatic carbocycles. The molecule has 0 saturated carbocycles. The van der Waals surface area contributed by atoms with E-state index in [1.165, 1.54) is 11.0 Å². The molecule has 0 aromatic heterocycles. The van der Waals surface area contributed by atoms with Gasteiger partial charge in [0.1, 0.15) is 5.82 Å². The monoisotopic (exact) mass is 230 g/mol. The Morgan fingerprint density at radius 3 is 2.71 bits per heavy atom. The summed E-state index contributed by atoms with van der Waals surface area (Å²) < 4.78 is 0. The first-order chi connectivity index (χ1) is 8.20. The van der Waals surface area contributed by atoms with Crippen molar-refractivity contribution in [3.63, 3.8) is 0 Å². The van der Waals surface area contributed by atoms with Crippen LogP contribution in [0, 0.1) is 6.92 Å². The van der Waals surface area contributed by atoms with Gasteiger partial charge in [0.15, 0.2) is 5.78 Å². The van der Waals surface area contributed by atoms with Gasteiger partial charge in [-0.2, -0.15) is 0 Å². The summed E-state index contributed by atoms with van der Waals surface area (Å²) in [5, 5.41) is 3.00. The van der Waals surface area contributed by atoms with Crippen molar-refractivity contribution in [1.82, 2.24) is 10.2 Å². The number of aryl methyl sites for hydroxylation is 1. The summed E-state index contributed by atoms with van der Waals surface area (Å²) in [4.78, 5) is 24.1. The van der Waals surface area contributed by atoms with E-state index in [1.54, 1.807) is 12.1 Å². The Balaban J connectivity index is 2.18. The molecule has 0 unspecified atom stereocenters. The van der Waals surface area contributed by atoms with Crippen LogP contribution in [0.4, 0.5) is 0 Å². The number of amides is 1. The summed E-state index contributed by atoms with van der Waals surface area (Å²) in [6.45, 7) is 3.27. The predicted octanol–water partition coefficient (Wildman–Crippen LogP) is 1.08. The average molecular weight is 230 g/mol. The number of nitrogens with zero attached hydrogens (tertiary/aromatic N) is 1. The van der Waals surface area contributed by atoms with Gasteiger partial charge in [-0.15, -0.1) is 0 Å². The Bertz CT molecular complexity index is 463. The number of carbonyl (C=O) groups is 2. The second-order valence-corrected chi connectivity index (χ2v) is 3.99. The van der Waals surface area contributed by atoms with Gasteiger partial charge in [-0.25, -0.2) is 0 Å². The Labute approximate surface area is 99.9 Å². The standard InChI is InChI=1S/C13H14N2O2/c1-10-2-4-11(5-3-10)12(17)8-13-14-6-7-15(13)9-16/h2-5,8-9,14H,6-7H2,1H3/b13-8-. The van der Waals surface area contributed by atoms with E-state index in [4.69, 9.17) is 0 Å². The van der Waals surface area contributed by atoms with Gasteiger partial charge < -0.3 is 5.32 Å². The zero-order valence-electron chi connectivity index (χ0n) is 9.64. The fourth-order valence-electron chi connectivity index (χ4n) is 1.70. The maximum Gasteiger partial charge on any atom is 0.215 e. The summed E-state index contributed by atoms with van der Waals surface area (Å²) in [5.74, 6) is 0.479. The first kappa shape index (κ1) is 11.4. The van der Waals surface area contributed by atoms with Crippen LogP contribution in [0.3, 0.4) is 0 Å². The molecule has 1 fully saturated rings. The number of hydrogen-bond donors (Lipinski definition) is 1. The maximum atomic E-state index is 11.9. The molecule has 17 heavy (non-hydrogen) atoms. The van der Waals surface area contributed by atoms with E-state index in [1.807, 2.05) is 19.1 Å². The van der Waals surface area contributed by atoms with E-state index in [2.05, 4.69) is 5.32 Å². The summed E-state index contributed by atoms with van der Waals surface area (Å²) in [5.41, 5.74) is 1.74. The van der Waals surface area contributed by atoms with Crippen molar-refractivity contribution in [2.45, 2.75) is 6.92 Å². The molecule has 1 aliphatic rings. The van der Waals surface area contributed by atoms with Crippen LogP contribution >= 0.6 is 0 Å². The van der Waals surface area contributed by atoms with E-state index < -0.39 is 0 Å². The highest BCUT2D eigenvalue weighted by Crippen LogP contribution is 2.09. The minimum Gasteiger partial charge on any atom is -0.369 e. The smallest absolute Gasteiger partial charge is 0.215 e. The second kappa shape index (κ2) is 4.82. The lowest BCUT2D eigenvalue weighted by molar-refractivity contribution is -0.115. The molecule has 1 heterocycles. The molecule has 0 bridgehead atoms. The quantitative estimate of drug-likeness (QED) is 0.480. The van der Waals surface area contributed by atoms with E-state index >= 15 is 0 Å². The van der Waals surface area contributed by atoms with E-state index in [0.29, 0.717) is 24.5 Å². The molecular formula is C13H14N2O2. The van der Waals surface area contributed by atoms with E-state index in [9.17, 15) is 9.59 Å². The van der Waals surface area contributed by atoms with E-state index in [0.717, 1.165) is 12.0 Å². The lowest BCUT2D eigenvalue weighted by Crippen LogP contribution is -2.19. The summed E-state index contributed by atoms with van der Waals surface area (Å²) in [7, 11) is 0. The molecule has 1 N–H and O–H groups in total. The number of benzene rings is 1. The van der Waals surface area contributed by atoms with Crippen LogP contribution in [0.2, 0.25) is 0 Å². The molecule has 1 amide bonds. The molecule has 1 aromatic carbocycles. The zero-order valence-corrected chi connectivity index (χ0v) is 9.64. The topological polar surface area (TPSA) is 49.4 Å². The van der Waals surface area contributed by atoms with Crippen molar-refractivity contribution in [2.24, 2.45) is 0 Å². The van der Waals surface area contributed by atoms with Gasteiger partial charge in [-0.05, 0) is 6.92 Å². The molecule has 4 nitrogen and oxygen atoms in total. The summed E-state index contributed by atoms with van der Waals surface area (Å²) >= 11 is 0. The lowest BCUT2D eigenvalue weighted by atomic mass is 10.1. The van der Waals surface area contributed by atoms with Crippen LogP contribution < -0.4 is 5.32 Å². The van der Waals surface area contributed by atoms with Gasteiger partial charge in [0, 0.05) is 24.7 Å². The number of hydrogen-bond acceptors (Lipinski definition) is 3.